The number of nitrogens with one attached hydrogen (secondary N) is 1. The number of amides is 1. The average Bonchev–Trinajstić information content (AvgIpc) is 3.74. The SMILES string of the molecule is COc1ccnc(Cl)n1.COc1ccnc(Nc2cnn(C3CCN(C(=O)OC(C)(C)C)CC3)c2)n1.Nc1cnn(C2CCCCC2)c1. The minimum Gasteiger partial charge on any atom is -0.481 e. The molecular formula is C32H46ClN11O4. The summed E-state index contributed by atoms with van der Waals surface area (Å²) in [5, 5.41) is 12.0. The molecule has 0 atom stereocenters. The second-order valence-corrected chi connectivity index (χ2v) is 12.7. The summed E-state index contributed by atoms with van der Waals surface area (Å²) in [6.07, 6.45) is 18.5. The van der Waals surface area contributed by atoms with E-state index in [4.69, 9.17) is 31.5 Å². The van der Waals surface area contributed by atoms with Crippen molar-refractivity contribution in [2.24, 2.45) is 0 Å². The van der Waals surface area contributed by atoms with Crippen LogP contribution < -0.4 is 20.5 Å². The maximum absolute atomic E-state index is 12.2. The third-order valence-corrected chi connectivity index (χ3v) is 7.75. The number of hydrogen-bond acceptors (Lipinski definition) is 12. The summed E-state index contributed by atoms with van der Waals surface area (Å²) in [7, 11) is 3.09. The number of nitrogen functional groups attached to an aromatic ring is 1. The number of carbonyl (C=O) groups is 1. The van der Waals surface area contributed by atoms with Gasteiger partial charge in [0.15, 0.2) is 0 Å². The summed E-state index contributed by atoms with van der Waals surface area (Å²) >= 11 is 5.42. The van der Waals surface area contributed by atoms with Crippen LogP contribution in [0.4, 0.5) is 22.1 Å². The Labute approximate surface area is 286 Å². The van der Waals surface area contributed by atoms with Gasteiger partial charge in [0.1, 0.15) is 5.60 Å². The molecule has 2 fully saturated rings. The van der Waals surface area contributed by atoms with Crippen LogP contribution >= 0.6 is 11.6 Å². The van der Waals surface area contributed by atoms with Crippen LogP contribution in [0.3, 0.4) is 0 Å². The molecule has 1 saturated carbocycles. The summed E-state index contributed by atoms with van der Waals surface area (Å²) in [4.78, 5) is 29.7. The zero-order valence-electron chi connectivity index (χ0n) is 28.3. The Hall–Kier alpha value is -4.66. The van der Waals surface area contributed by atoms with Gasteiger partial charge in [-0.15, -0.1) is 0 Å². The highest BCUT2D eigenvalue weighted by Crippen LogP contribution is 2.28. The van der Waals surface area contributed by atoms with E-state index in [9.17, 15) is 4.79 Å². The van der Waals surface area contributed by atoms with E-state index in [1.54, 1.807) is 42.7 Å². The van der Waals surface area contributed by atoms with Gasteiger partial charge in [0.05, 0.1) is 50.1 Å². The highest BCUT2D eigenvalue weighted by molar-refractivity contribution is 6.28. The molecule has 1 aliphatic carbocycles. The molecule has 1 saturated heterocycles. The van der Waals surface area contributed by atoms with Gasteiger partial charge in [-0.25, -0.2) is 14.8 Å². The zero-order valence-corrected chi connectivity index (χ0v) is 29.0. The van der Waals surface area contributed by atoms with Crippen LogP contribution in [0.25, 0.3) is 0 Å². The predicted octanol–water partition coefficient (Wildman–Crippen LogP) is 6.11. The van der Waals surface area contributed by atoms with Crippen molar-refractivity contribution < 1.29 is 19.0 Å². The molecule has 0 bridgehead atoms. The molecule has 1 amide bonds. The number of anilines is 3. The van der Waals surface area contributed by atoms with Gasteiger partial charge in [0, 0.05) is 50.0 Å². The molecule has 260 valence electrons. The maximum Gasteiger partial charge on any atom is 0.410 e. The van der Waals surface area contributed by atoms with Gasteiger partial charge in [-0.2, -0.15) is 20.2 Å². The number of methoxy groups -OCH3 is 2. The average molecular weight is 684 g/mol. The molecule has 5 heterocycles. The fraction of sp³-hybridized carbons (Fsp3) is 0.531. The van der Waals surface area contributed by atoms with Crippen LogP contribution in [0, 0.1) is 0 Å². The highest BCUT2D eigenvalue weighted by atomic mass is 35.5. The lowest BCUT2D eigenvalue weighted by Crippen LogP contribution is -2.42. The summed E-state index contributed by atoms with van der Waals surface area (Å²) in [6, 6.07) is 4.17. The lowest BCUT2D eigenvalue weighted by molar-refractivity contribution is 0.0184. The predicted molar refractivity (Wildman–Crippen MR) is 183 cm³/mol. The summed E-state index contributed by atoms with van der Waals surface area (Å²) in [6.45, 7) is 6.94. The Kier molecular flexibility index (Phi) is 13.2. The third kappa shape index (κ3) is 11.5. The Morgan fingerprint density at radius 2 is 1.48 bits per heavy atom. The van der Waals surface area contributed by atoms with Crippen molar-refractivity contribution in [1.82, 2.24) is 44.4 Å². The van der Waals surface area contributed by atoms with Gasteiger partial charge >= 0.3 is 6.09 Å². The van der Waals surface area contributed by atoms with Crippen molar-refractivity contribution in [3.8, 4) is 11.8 Å². The molecule has 16 heteroatoms. The molecule has 15 nitrogen and oxygen atoms in total. The second-order valence-electron chi connectivity index (χ2n) is 12.4. The Morgan fingerprint density at radius 1 is 0.875 bits per heavy atom. The number of ether oxygens (including phenoxy) is 3. The molecule has 2 aliphatic rings. The number of carbonyl (C=O) groups excluding carboxylic acids is 1. The fourth-order valence-electron chi connectivity index (χ4n) is 5.22. The molecule has 4 aromatic heterocycles. The smallest absolute Gasteiger partial charge is 0.410 e. The zero-order chi connectivity index (χ0) is 34.5. The number of halogens is 1. The molecule has 1 aliphatic heterocycles. The monoisotopic (exact) mass is 683 g/mol. The van der Waals surface area contributed by atoms with Crippen LogP contribution in [0.5, 0.6) is 11.8 Å². The largest absolute Gasteiger partial charge is 0.481 e. The fourth-order valence-corrected chi connectivity index (χ4v) is 5.36. The Balaban J connectivity index is 0.000000201. The summed E-state index contributed by atoms with van der Waals surface area (Å²) in [5.41, 5.74) is 6.71. The second kappa shape index (κ2) is 17.5. The number of piperidine rings is 1. The van der Waals surface area contributed by atoms with Crippen molar-refractivity contribution in [2.75, 3.05) is 38.4 Å². The van der Waals surface area contributed by atoms with E-state index in [2.05, 4.69) is 35.5 Å². The molecule has 3 N–H and O–H groups in total. The van der Waals surface area contributed by atoms with Crippen LogP contribution in [0.2, 0.25) is 5.28 Å². The van der Waals surface area contributed by atoms with E-state index < -0.39 is 5.60 Å². The van der Waals surface area contributed by atoms with Crippen molar-refractivity contribution in [1.29, 1.82) is 0 Å². The molecule has 48 heavy (non-hydrogen) atoms. The van der Waals surface area contributed by atoms with Gasteiger partial charge in [-0.1, -0.05) is 19.3 Å². The summed E-state index contributed by atoms with van der Waals surface area (Å²) in [5.74, 6) is 1.43. The molecule has 4 aromatic rings. The van der Waals surface area contributed by atoms with Crippen LogP contribution in [0.1, 0.15) is 77.8 Å². The first-order valence-electron chi connectivity index (χ1n) is 16.0. The number of nitrogens with zero attached hydrogens (tertiary/aromatic N) is 9. The molecular weight excluding hydrogens is 638 g/mol. The van der Waals surface area contributed by atoms with E-state index in [0.717, 1.165) is 24.2 Å². The van der Waals surface area contributed by atoms with Crippen molar-refractivity contribution >= 4 is 35.0 Å². The first-order chi connectivity index (χ1) is 23.0. The van der Waals surface area contributed by atoms with Gasteiger partial charge < -0.3 is 30.2 Å². The van der Waals surface area contributed by atoms with Gasteiger partial charge in [0.2, 0.25) is 23.0 Å². The number of likely N-dealkylation sites (tertiary alicyclic amines) is 1. The third-order valence-electron chi connectivity index (χ3n) is 7.57. The van der Waals surface area contributed by atoms with Gasteiger partial charge in [0.25, 0.3) is 0 Å². The van der Waals surface area contributed by atoms with Crippen molar-refractivity contribution in [2.45, 2.75) is 83.4 Å². The van der Waals surface area contributed by atoms with E-state index >= 15 is 0 Å². The van der Waals surface area contributed by atoms with Crippen LogP contribution in [-0.2, 0) is 4.74 Å². The number of rotatable bonds is 6. The van der Waals surface area contributed by atoms with E-state index in [1.807, 2.05) is 42.5 Å². The van der Waals surface area contributed by atoms with Crippen LogP contribution in [-0.4, -0.2) is 83.4 Å². The van der Waals surface area contributed by atoms with Crippen molar-refractivity contribution in [3.05, 3.63) is 54.6 Å². The number of aromatic nitrogens is 8. The maximum atomic E-state index is 12.2. The van der Waals surface area contributed by atoms with E-state index in [-0.39, 0.29) is 17.4 Å². The standard InChI is InChI=1S/C18H26N6O3.C9H15N3.C5H5ClN2O/c1-18(2,3)27-17(25)23-9-6-14(7-10-23)24-12-13(11-20-24)21-16-19-8-5-15(22-16)26-4;10-8-6-11-12(7-8)9-4-2-1-3-5-9;1-9-4-2-3-7-5(6)8-4/h5,8,11-12,14H,6-7,9-10H2,1-4H3,(H,19,21,22);6-7,9H,1-5,10H2;2-3H,1H3. The quantitative estimate of drug-likeness (QED) is 0.224. The molecule has 0 aromatic carbocycles. The lowest BCUT2D eigenvalue weighted by Gasteiger charge is -2.33. The first kappa shape index (κ1) is 36.2. The van der Waals surface area contributed by atoms with E-state index in [1.165, 1.54) is 45.4 Å². The molecule has 0 unspecified atom stereocenters. The normalized spacial score (nSPS) is 15.3. The Bertz CT molecular complexity index is 1560. The lowest BCUT2D eigenvalue weighted by atomic mass is 9.96. The van der Waals surface area contributed by atoms with Gasteiger partial charge in [-0.3, -0.25) is 9.36 Å². The van der Waals surface area contributed by atoms with Gasteiger partial charge in [-0.05, 0) is 58.1 Å². The minimum absolute atomic E-state index is 0.203. The molecule has 6 rings (SSSR count). The number of nitrogens with two attached hydrogens (primary N) is 1. The first-order valence-corrected chi connectivity index (χ1v) is 16.4. The molecule has 0 radical (unpaired) electrons. The van der Waals surface area contributed by atoms with Crippen LogP contribution in [0.15, 0.2) is 49.3 Å². The number of hydrogen-bond donors (Lipinski definition) is 2. The Morgan fingerprint density at radius 3 is 2.06 bits per heavy atom. The molecule has 0 spiro atoms. The van der Waals surface area contributed by atoms with E-state index in [0.29, 0.717) is 36.8 Å². The topological polar surface area (TPSA) is 173 Å². The summed E-state index contributed by atoms with van der Waals surface area (Å²) < 4.78 is 19.2. The minimum atomic E-state index is -0.474. The highest BCUT2D eigenvalue weighted by Gasteiger charge is 2.28. The van der Waals surface area contributed by atoms with Crippen molar-refractivity contribution in [3.63, 3.8) is 0 Å².